The summed E-state index contributed by atoms with van der Waals surface area (Å²) < 4.78 is 0. The topological polar surface area (TPSA) is 18.5 Å². The summed E-state index contributed by atoms with van der Waals surface area (Å²) in [5.74, 6) is 0. The van der Waals surface area contributed by atoms with Crippen LogP contribution in [-0.2, 0) is 0 Å². The zero-order valence-corrected chi connectivity index (χ0v) is 11.8. The number of hydrogen-bond acceptors (Lipinski definition) is 3. The Hall–Kier alpha value is -0.900. The quantitative estimate of drug-likeness (QED) is 0.871. The van der Waals surface area contributed by atoms with E-state index in [1.54, 1.807) is 0 Å². The van der Waals surface area contributed by atoms with E-state index >= 15 is 0 Å². The molecule has 3 nitrogen and oxygen atoms in total. The zero-order valence-electron chi connectivity index (χ0n) is 11.8. The SMILES string of the molecule is CC(c1ccccc1)N(C)CC1CN(C)CCN1. The van der Waals surface area contributed by atoms with Crippen LogP contribution in [0, 0.1) is 0 Å². The van der Waals surface area contributed by atoms with E-state index in [1.807, 2.05) is 0 Å². The van der Waals surface area contributed by atoms with Crippen LogP contribution >= 0.6 is 0 Å². The molecule has 0 bridgehead atoms. The van der Waals surface area contributed by atoms with Gasteiger partial charge in [-0.25, -0.2) is 0 Å². The first-order valence-corrected chi connectivity index (χ1v) is 6.84. The van der Waals surface area contributed by atoms with Crippen LogP contribution in [0.5, 0.6) is 0 Å². The Morgan fingerprint density at radius 1 is 1.39 bits per heavy atom. The van der Waals surface area contributed by atoms with Gasteiger partial charge in [-0.1, -0.05) is 30.3 Å². The smallest absolute Gasteiger partial charge is 0.0323 e. The van der Waals surface area contributed by atoms with Gasteiger partial charge < -0.3 is 10.2 Å². The third kappa shape index (κ3) is 3.55. The van der Waals surface area contributed by atoms with Gasteiger partial charge in [-0.2, -0.15) is 0 Å². The molecule has 100 valence electrons. The third-order valence-electron chi connectivity index (χ3n) is 3.91. The molecule has 1 N–H and O–H groups in total. The summed E-state index contributed by atoms with van der Waals surface area (Å²) in [5.41, 5.74) is 1.39. The molecule has 1 aromatic carbocycles. The summed E-state index contributed by atoms with van der Waals surface area (Å²) in [6, 6.07) is 11.8. The van der Waals surface area contributed by atoms with Gasteiger partial charge in [-0.15, -0.1) is 0 Å². The number of rotatable bonds is 4. The number of likely N-dealkylation sites (N-methyl/N-ethyl adjacent to an activating group) is 2. The van der Waals surface area contributed by atoms with Gasteiger partial charge in [-0.3, -0.25) is 4.90 Å². The van der Waals surface area contributed by atoms with E-state index in [1.165, 1.54) is 5.56 Å². The predicted octanol–water partition coefficient (Wildman–Crippen LogP) is 1.58. The summed E-state index contributed by atoms with van der Waals surface area (Å²) in [4.78, 5) is 4.84. The Labute approximate surface area is 111 Å². The molecule has 1 heterocycles. The minimum absolute atomic E-state index is 0.472. The summed E-state index contributed by atoms with van der Waals surface area (Å²) >= 11 is 0. The Bertz CT molecular complexity index is 352. The van der Waals surface area contributed by atoms with Crippen molar-refractivity contribution < 1.29 is 0 Å². The Morgan fingerprint density at radius 2 is 2.11 bits per heavy atom. The average molecular weight is 247 g/mol. The minimum atomic E-state index is 0.472. The zero-order chi connectivity index (χ0) is 13.0. The van der Waals surface area contributed by atoms with E-state index in [0.717, 1.165) is 26.2 Å². The average Bonchev–Trinajstić information content (AvgIpc) is 2.39. The van der Waals surface area contributed by atoms with Crippen LogP contribution in [0.2, 0.25) is 0 Å². The molecule has 1 fully saturated rings. The summed E-state index contributed by atoms with van der Waals surface area (Å²) in [7, 11) is 4.42. The van der Waals surface area contributed by atoms with Crippen LogP contribution in [0.15, 0.2) is 30.3 Å². The lowest BCUT2D eigenvalue weighted by Gasteiger charge is -2.35. The molecule has 1 aliphatic rings. The predicted molar refractivity (Wildman–Crippen MR) is 76.8 cm³/mol. The van der Waals surface area contributed by atoms with Crippen LogP contribution in [0.3, 0.4) is 0 Å². The molecule has 1 saturated heterocycles. The van der Waals surface area contributed by atoms with E-state index in [0.29, 0.717) is 12.1 Å². The van der Waals surface area contributed by atoms with Gasteiger partial charge >= 0.3 is 0 Å². The summed E-state index contributed by atoms with van der Waals surface area (Å²) in [5, 5.41) is 3.60. The van der Waals surface area contributed by atoms with Crippen molar-refractivity contribution in [3.63, 3.8) is 0 Å². The second-order valence-corrected chi connectivity index (χ2v) is 5.44. The molecule has 0 amide bonds. The van der Waals surface area contributed by atoms with E-state index in [-0.39, 0.29) is 0 Å². The van der Waals surface area contributed by atoms with Crippen molar-refractivity contribution in [1.82, 2.24) is 15.1 Å². The van der Waals surface area contributed by atoms with Crippen LogP contribution in [0.25, 0.3) is 0 Å². The molecular formula is C15H25N3. The lowest BCUT2D eigenvalue weighted by molar-refractivity contribution is 0.173. The maximum absolute atomic E-state index is 3.60. The normalized spacial score (nSPS) is 23.2. The summed E-state index contributed by atoms with van der Waals surface area (Å²) in [6.07, 6.45) is 0. The van der Waals surface area contributed by atoms with Crippen LogP contribution in [-0.4, -0.2) is 56.1 Å². The van der Waals surface area contributed by atoms with Crippen LogP contribution in [0.1, 0.15) is 18.5 Å². The fourth-order valence-corrected chi connectivity index (χ4v) is 2.61. The van der Waals surface area contributed by atoms with Crippen molar-refractivity contribution in [2.75, 3.05) is 40.3 Å². The second-order valence-electron chi connectivity index (χ2n) is 5.44. The number of nitrogens with zero attached hydrogens (tertiary/aromatic N) is 2. The largest absolute Gasteiger partial charge is 0.310 e. The van der Waals surface area contributed by atoms with Crippen molar-refractivity contribution in [3.05, 3.63) is 35.9 Å². The fourth-order valence-electron chi connectivity index (χ4n) is 2.61. The van der Waals surface area contributed by atoms with Gasteiger partial charge in [0.15, 0.2) is 0 Å². The first-order valence-electron chi connectivity index (χ1n) is 6.84. The maximum atomic E-state index is 3.60. The Kier molecular flexibility index (Phi) is 4.75. The molecule has 0 aromatic heterocycles. The molecule has 2 unspecified atom stereocenters. The molecule has 3 heteroatoms. The van der Waals surface area contributed by atoms with Crippen molar-refractivity contribution in [3.8, 4) is 0 Å². The standard InChI is InChI=1S/C15H25N3/c1-13(14-7-5-4-6-8-14)18(3)12-15-11-17(2)10-9-16-15/h4-8,13,15-16H,9-12H2,1-3H3. The fraction of sp³-hybridized carbons (Fsp3) is 0.600. The van der Waals surface area contributed by atoms with Crippen molar-refractivity contribution in [2.45, 2.75) is 19.0 Å². The minimum Gasteiger partial charge on any atom is -0.310 e. The molecule has 1 aromatic rings. The maximum Gasteiger partial charge on any atom is 0.0323 e. The highest BCUT2D eigenvalue weighted by molar-refractivity contribution is 5.18. The first-order chi connectivity index (χ1) is 8.66. The number of benzene rings is 1. The summed E-state index contributed by atoms with van der Waals surface area (Å²) in [6.45, 7) is 6.79. The van der Waals surface area contributed by atoms with Crippen LogP contribution < -0.4 is 5.32 Å². The van der Waals surface area contributed by atoms with Gasteiger partial charge in [0.1, 0.15) is 0 Å². The molecule has 18 heavy (non-hydrogen) atoms. The van der Waals surface area contributed by atoms with Gasteiger partial charge in [0, 0.05) is 38.3 Å². The number of hydrogen-bond donors (Lipinski definition) is 1. The van der Waals surface area contributed by atoms with Gasteiger partial charge in [0.2, 0.25) is 0 Å². The molecule has 0 radical (unpaired) electrons. The molecule has 2 rings (SSSR count). The Morgan fingerprint density at radius 3 is 2.78 bits per heavy atom. The van der Waals surface area contributed by atoms with Crippen molar-refractivity contribution in [2.24, 2.45) is 0 Å². The van der Waals surface area contributed by atoms with Gasteiger partial charge in [0.05, 0.1) is 0 Å². The molecular weight excluding hydrogens is 222 g/mol. The van der Waals surface area contributed by atoms with Gasteiger partial charge in [-0.05, 0) is 26.6 Å². The lowest BCUT2D eigenvalue weighted by Crippen LogP contribution is -2.53. The third-order valence-corrected chi connectivity index (χ3v) is 3.91. The Balaban J connectivity index is 1.89. The highest BCUT2D eigenvalue weighted by Gasteiger charge is 2.20. The molecule has 0 saturated carbocycles. The van der Waals surface area contributed by atoms with Gasteiger partial charge in [0.25, 0.3) is 0 Å². The highest BCUT2D eigenvalue weighted by atomic mass is 15.2. The monoisotopic (exact) mass is 247 g/mol. The van der Waals surface area contributed by atoms with Crippen molar-refractivity contribution in [1.29, 1.82) is 0 Å². The van der Waals surface area contributed by atoms with E-state index < -0.39 is 0 Å². The first kappa shape index (κ1) is 13.5. The lowest BCUT2D eigenvalue weighted by atomic mass is 10.1. The number of piperazine rings is 1. The molecule has 0 spiro atoms. The van der Waals surface area contributed by atoms with Crippen LogP contribution in [0.4, 0.5) is 0 Å². The van der Waals surface area contributed by atoms with E-state index in [4.69, 9.17) is 0 Å². The molecule has 2 atom stereocenters. The molecule has 0 aliphatic carbocycles. The number of nitrogens with one attached hydrogen (secondary N) is 1. The second kappa shape index (κ2) is 6.32. The molecule has 1 aliphatic heterocycles. The van der Waals surface area contributed by atoms with E-state index in [9.17, 15) is 0 Å². The van der Waals surface area contributed by atoms with E-state index in [2.05, 4.69) is 66.5 Å². The van der Waals surface area contributed by atoms with Crippen molar-refractivity contribution >= 4 is 0 Å². The highest BCUT2D eigenvalue weighted by Crippen LogP contribution is 2.18.